The van der Waals surface area contributed by atoms with Gasteiger partial charge in [-0.05, 0) is 19.1 Å². The first-order valence-electron chi connectivity index (χ1n) is 5.78. The van der Waals surface area contributed by atoms with Crippen LogP contribution in [0.2, 0.25) is 4.34 Å². The minimum atomic E-state index is -3.86. The summed E-state index contributed by atoms with van der Waals surface area (Å²) in [5.41, 5.74) is -0.416. The molecule has 1 N–H and O–H groups in total. The van der Waals surface area contributed by atoms with Crippen molar-refractivity contribution in [1.29, 1.82) is 0 Å². The molecule has 10 heteroatoms. The van der Waals surface area contributed by atoms with Gasteiger partial charge in [0.2, 0.25) is 0 Å². The van der Waals surface area contributed by atoms with Crippen molar-refractivity contribution < 1.29 is 17.8 Å². The average molecular weight is 351 g/mol. The summed E-state index contributed by atoms with van der Waals surface area (Å²) in [5, 5.41) is 10.7. The van der Waals surface area contributed by atoms with Crippen molar-refractivity contribution in [3.05, 3.63) is 44.7 Å². The van der Waals surface area contributed by atoms with Crippen molar-refractivity contribution in [1.82, 2.24) is 4.72 Å². The van der Waals surface area contributed by atoms with Crippen molar-refractivity contribution in [2.24, 2.45) is 0 Å². The van der Waals surface area contributed by atoms with Gasteiger partial charge in [0.15, 0.2) is 4.34 Å². The minimum absolute atomic E-state index is 0.168. The zero-order valence-corrected chi connectivity index (χ0v) is 13.2. The maximum atomic E-state index is 12.1. The molecule has 0 saturated heterocycles. The molecule has 0 aromatic carbocycles. The quantitative estimate of drug-likeness (QED) is 0.637. The maximum Gasteiger partial charge on any atom is 0.300 e. The Kier molecular flexibility index (Phi) is 4.67. The number of nitrogens with zero attached hydrogens (tertiary/aromatic N) is 1. The topological polar surface area (TPSA) is 102 Å². The number of furan rings is 1. The van der Waals surface area contributed by atoms with E-state index in [1.54, 1.807) is 19.1 Å². The summed E-state index contributed by atoms with van der Waals surface area (Å²) in [6.45, 7) is 1.67. The van der Waals surface area contributed by atoms with E-state index in [0.717, 1.165) is 6.07 Å². The largest absolute Gasteiger partial charge is 0.469 e. The summed E-state index contributed by atoms with van der Waals surface area (Å²) in [5.74, 6) is 0.639. The van der Waals surface area contributed by atoms with E-state index in [1.165, 1.54) is 6.26 Å². The van der Waals surface area contributed by atoms with Crippen molar-refractivity contribution >= 4 is 38.6 Å². The van der Waals surface area contributed by atoms with E-state index < -0.39 is 26.7 Å². The van der Waals surface area contributed by atoms with Crippen LogP contribution >= 0.6 is 22.9 Å². The molecule has 0 radical (unpaired) electrons. The molecule has 2 heterocycles. The highest BCUT2D eigenvalue weighted by molar-refractivity contribution is 7.91. The fraction of sp³-hybridized carbons (Fsp3) is 0.273. The second-order valence-electron chi connectivity index (χ2n) is 4.29. The van der Waals surface area contributed by atoms with Crippen molar-refractivity contribution in [2.45, 2.75) is 23.6 Å². The van der Waals surface area contributed by atoms with E-state index >= 15 is 0 Å². The van der Waals surface area contributed by atoms with Gasteiger partial charge in [-0.1, -0.05) is 11.6 Å². The predicted octanol–water partition coefficient (Wildman–Crippen LogP) is 2.81. The Hall–Kier alpha value is -1.42. The van der Waals surface area contributed by atoms with Gasteiger partial charge in [-0.3, -0.25) is 10.1 Å². The van der Waals surface area contributed by atoms with E-state index in [1.807, 2.05) is 0 Å². The van der Waals surface area contributed by atoms with Gasteiger partial charge in [-0.2, -0.15) is 0 Å². The number of halogens is 1. The summed E-state index contributed by atoms with van der Waals surface area (Å²) in [6, 6.07) is 3.96. The van der Waals surface area contributed by atoms with Gasteiger partial charge in [0.1, 0.15) is 9.97 Å². The van der Waals surface area contributed by atoms with Crippen molar-refractivity contribution in [3.63, 3.8) is 0 Å². The van der Waals surface area contributed by atoms with Crippen molar-refractivity contribution in [2.75, 3.05) is 0 Å². The van der Waals surface area contributed by atoms with Gasteiger partial charge in [0, 0.05) is 18.5 Å². The van der Waals surface area contributed by atoms with Crippen LogP contribution in [0.15, 0.2) is 33.1 Å². The van der Waals surface area contributed by atoms with Crippen LogP contribution in [-0.4, -0.2) is 19.4 Å². The monoisotopic (exact) mass is 350 g/mol. The third-order valence-electron chi connectivity index (χ3n) is 2.55. The van der Waals surface area contributed by atoms with E-state index in [0.29, 0.717) is 23.5 Å². The van der Waals surface area contributed by atoms with Gasteiger partial charge in [0.25, 0.3) is 15.7 Å². The molecule has 114 valence electrons. The molecule has 0 fully saturated rings. The van der Waals surface area contributed by atoms with Crippen LogP contribution in [0.25, 0.3) is 0 Å². The Morgan fingerprint density at radius 3 is 2.81 bits per heavy atom. The summed E-state index contributed by atoms with van der Waals surface area (Å²) in [4.78, 5) is 9.98. The van der Waals surface area contributed by atoms with Gasteiger partial charge in [0.05, 0.1) is 11.2 Å². The van der Waals surface area contributed by atoms with Crippen LogP contribution < -0.4 is 4.72 Å². The molecule has 1 unspecified atom stereocenters. The average Bonchev–Trinajstić information content (AvgIpc) is 2.97. The molecule has 0 saturated carbocycles. The van der Waals surface area contributed by atoms with E-state index in [9.17, 15) is 18.5 Å². The summed E-state index contributed by atoms with van der Waals surface area (Å²) >= 11 is 6.32. The molecule has 0 bridgehead atoms. The smallest absolute Gasteiger partial charge is 0.300 e. The molecule has 0 spiro atoms. The lowest BCUT2D eigenvalue weighted by atomic mass is 10.2. The fourth-order valence-electron chi connectivity index (χ4n) is 1.69. The molecule has 0 amide bonds. The zero-order chi connectivity index (χ0) is 15.6. The Labute approximate surface area is 129 Å². The molecule has 2 aromatic rings. The normalized spacial score (nSPS) is 13.2. The maximum absolute atomic E-state index is 12.1. The first kappa shape index (κ1) is 16.0. The van der Waals surface area contributed by atoms with E-state index in [2.05, 4.69) is 4.72 Å². The molecule has 7 nitrogen and oxygen atoms in total. The van der Waals surface area contributed by atoms with Crippen LogP contribution in [0.5, 0.6) is 0 Å². The first-order valence-corrected chi connectivity index (χ1v) is 8.46. The van der Waals surface area contributed by atoms with Crippen LogP contribution in [-0.2, 0) is 16.4 Å². The van der Waals surface area contributed by atoms with Crippen LogP contribution in [0.4, 0.5) is 5.69 Å². The third-order valence-corrected chi connectivity index (χ3v) is 5.95. The van der Waals surface area contributed by atoms with Gasteiger partial charge >= 0.3 is 0 Å². The Bertz CT molecular complexity index is 739. The number of thiophene rings is 1. The molecule has 2 aromatic heterocycles. The standard InChI is InChI=1S/C11H11ClN2O5S2/c1-7(5-8-3-2-4-19-8)13-21(17,18)10-6-9(14(15)16)11(12)20-10/h2-4,6-7,13H,5H2,1H3. The molecule has 21 heavy (non-hydrogen) atoms. The Balaban J connectivity index is 2.14. The SMILES string of the molecule is CC(Cc1ccco1)NS(=O)(=O)c1cc([N+](=O)[O-])c(Cl)s1. The summed E-state index contributed by atoms with van der Waals surface area (Å²) in [7, 11) is -3.86. The lowest BCUT2D eigenvalue weighted by molar-refractivity contribution is -0.384. The summed E-state index contributed by atoms with van der Waals surface area (Å²) in [6.07, 6.45) is 1.87. The molecule has 1 atom stereocenters. The molecule has 0 aliphatic carbocycles. The predicted molar refractivity (Wildman–Crippen MR) is 78.2 cm³/mol. The third kappa shape index (κ3) is 3.82. The number of hydrogen-bond donors (Lipinski definition) is 1. The lowest BCUT2D eigenvalue weighted by Gasteiger charge is -2.11. The highest BCUT2D eigenvalue weighted by Crippen LogP contribution is 2.36. The lowest BCUT2D eigenvalue weighted by Crippen LogP contribution is -2.33. The van der Waals surface area contributed by atoms with Crippen LogP contribution in [0.3, 0.4) is 0 Å². The van der Waals surface area contributed by atoms with Crippen LogP contribution in [0.1, 0.15) is 12.7 Å². The van der Waals surface area contributed by atoms with Gasteiger partial charge < -0.3 is 4.42 Å². The van der Waals surface area contributed by atoms with Gasteiger partial charge in [-0.15, -0.1) is 11.3 Å². The Morgan fingerprint density at radius 2 is 2.29 bits per heavy atom. The molecular formula is C11H11ClN2O5S2. The second-order valence-corrected chi connectivity index (χ2v) is 7.88. The first-order chi connectivity index (χ1) is 9.79. The Morgan fingerprint density at radius 1 is 1.57 bits per heavy atom. The number of nitro groups is 1. The number of nitrogens with one attached hydrogen (secondary N) is 1. The van der Waals surface area contributed by atoms with Crippen LogP contribution in [0, 0.1) is 10.1 Å². The molecule has 0 aliphatic rings. The number of hydrogen-bond acceptors (Lipinski definition) is 6. The van der Waals surface area contributed by atoms with E-state index in [4.69, 9.17) is 16.0 Å². The highest BCUT2D eigenvalue weighted by atomic mass is 35.5. The van der Waals surface area contributed by atoms with Crippen molar-refractivity contribution in [3.8, 4) is 0 Å². The van der Waals surface area contributed by atoms with E-state index in [-0.39, 0.29) is 8.55 Å². The fourth-order valence-corrected chi connectivity index (χ4v) is 4.61. The molecule has 2 rings (SSSR count). The molecule has 0 aliphatic heterocycles. The summed E-state index contributed by atoms with van der Waals surface area (Å²) < 4.78 is 31.5. The zero-order valence-electron chi connectivity index (χ0n) is 10.8. The second kappa shape index (κ2) is 6.14. The number of sulfonamides is 1. The minimum Gasteiger partial charge on any atom is -0.469 e. The highest BCUT2D eigenvalue weighted by Gasteiger charge is 2.26. The number of rotatable bonds is 6. The molecular weight excluding hydrogens is 340 g/mol. The van der Waals surface area contributed by atoms with Gasteiger partial charge in [-0.25, -0.2) is 13.1 Å².